The Morgan fingerprint density at radius 1 is 1.24 bits per heavy atom. The predicted octanol–water partition coefficient (Wildman–Crippen LogP) is 5.67. The van der Waals surface area contributed by atoms with Crippen LogP contribution in [0.25, 0.3) is 0 Å². The monoisotopic (exact) mass is 531 g/mol. The van der Waals surface area contributed by atoms with Gasteiger partial charge >= 0.3 is 0 Å². The van der Waals surface area contributed by atoms with Gasteiger partial charge in [0.2, 0.25) is 0 Å². The van der Waals surface area contributed by atoms with E-state index in [0.717, 1.165) is 5.56 Å². The highest BCUT2D eigenvalue weighted by molar-refractivity contribution is 9.10. The van der Waals surface area contributed by atoms with Crippen LogP contribution in [-0.2, 0) is 6.61 Å². The van der Waals surface area contributed by atoms with Crippen molar-refractivity contribution in [3.63, 3.8) is 0 Å². The molecule has 0 spiro atoms. The number of amides is 1. The Kier molecular flexibility index (Phi) is 8.02. The van der Waals surface area contributed by atoms with Crippen LogP contribution in [0.5, 0.6) is 11.5 Å². The second kappa shape index (κ2) is 10.9. The van der Waals surface area contributed by atoms with E-state index in [1.807, 2.05) is 12.1 Å². The van der Waals surface area contributed by atoms with E-state index in [-0.39, 0.29) is 16.8 Å². The lowest BCUT2D eigenvalue weighted by atomic mass is 10.1. The number of nitro groups is 1. The zero-order valence-electron chi connectivity index (χ0n) is 17.7. The molecule has 170 valence electrons. The summed E-state index contributed by atoms with van der Waals surface area (Å²) in [7, 11) is 1.52. The average molecular weight is 533 g/mol. The molecule has 3 aromatic carbocycles. The summed E-state index contributed by atoms with van der Waals surface area (Å²) in [6.07, 6.45) is 1.43. The first-order chi connectivity index (χ1) is 15.8. The number of hydrogen-bond acceptors (Lipinski definition) is 6. The van der Waals surface area contributed by atoms with Gasteiger partial charge in [-0.1, -0.05) is 29.8 Å². The lowest BCUT2D eigenvalue weighted by molar-refractivity contribution is -0.385. The van der Waals surface area contributed by atoms with Crippen molar-refractivity contribution in [2.45, 2.75) is 13.5 Å². The second-order valence-electron chi connectivity index (χ2n) is 6.86. The first kappa shape index (κ1) is 24.2. The fourth-order valence-corrected chi connectivity index (χ4v) is 3.68. The molecule has 0 unspecified atom stereocenters. The van der Waals surface area contributed by atoms with E-state index < -0.39 is 10.8 Å². The molecule has 0 atom stereocenters. The van der Waals surface area contributed by atoms with Crippen molar-refractivity contribution in [3.05, 3.63) is 96.5 Å². The number of halogens is 2. The molecule has 0 aliphatic carbocycles. The molecule has 0 fully saturated rings. The van der Waals surface area contributed by atoms with Crippen LogP contribution < -0.4 is 14.9 Å². The van der Waals surface area contributed by atoms with Gasteiger partial charge in [-0.3, -0.25) is 14.9 Å². The largest absolute Gasteiger partial charge is 0.493 e. The van der Waals surface area contributed by atoms with Crippen LogP contribution in [0.4, 0.5) is 5.69 Å². The molecule has 1 amide bonds. The fraction of sp³-hybridized carbons (Fsp3) is 0.130. The highest BCUT2D eigenvalue weighted by atomic mass is 79.9. The fourth-order valence-electron chi connectivity index (χ4n) is 2.98. The third kappa shape index (κ3) is 6.09. The van der Waals surface area contributed by atoms with Crippen LogP contribution in [0.15, 0.2) is 64.2 Å². The Hall–Kier alpha value is -3.43. The van der Waals surface area contributed by atoms with Crippen LogP contribution in [0.3, 0.4) is 0 Å². The maximum atomic E-state index is 12.4. The highest BCUT2D eigenvalue weighted by Gasteiger charge is 2.17. The Balaban J connectivity index is 1.71. The number of nitro benzene ring substituents is 1. The van der Waals surface area contributed by atoms with Crippen molar-refractivity contribution in [1.82, 2.24) is 5.43 Å². The summed E-state index contributed by atoms with van der Waals surface area (Å²) < 4.78 is 12.0. The quantitative estimate of drug-likeness (QED) is 0.229. The molecule has 0 heterocycles. The van der Waals surface area contributed by atoms with Crippen LogP contribution in [0.2, 0.25) is 5.02 Å². The summed E-state index contributed by atoms with van der Waals surface area (Å²) in [5, 5.41) is 15.7. The second-order valence-corrected chi connectivity index (χ2v) is 8.15. The minimum Gasteiger partial charge on any atom is -0.493 e. The number of benzene rings is 3. The molecule has 0 aliphatic heterocycles. The number of carbonyl (C=O) groups excluding carboxylic acids is 1. The van der Waals surface area contributed by atoms with Crippen molar-refractivity contribution in [1.29, 1.82) is 0 Å². The SMILES string of the molecule is COc1cc(/C=N\NC(=O)c2cccc([N+](=O)[O-])c2C)cc(Br)c1OCc1ccc(Cl)cc1. The van der Waals surface area contributed by atoms with Gasteiger partial charge in [0.1, 0.15) is 6.61 Å². The van der Waals surface area contributed by atoms with Crippen molar-refractivity contribution in [2.24, 2.45) is 5.10 Å². The van der Waals surface area contributed by atoms with Crippen molar-refractivity contribution in [3.8, 4) is 11.5 Å². The summed E-state index contributed by atoms with van der Waals surface area (Å²) >= 11 is 9.38. The summed E-state index contributed by atoms with van der Waals surface area (Å²) in [6, 6.07) is 15.1. The summed E-state index contributed by atoms with van der Waals surface area (Å²) in [5.41, 5.74) is 4.27. The van der Waals surface area contributed by atoms with Crippen molar-refractivity contribution in [2.75, 3.05) is 7.11 Å². The maximum Gasteiger partial charge on any atom is 0.273 e. The van der Waals surface area contributed by atoms with Gasteiger partial charge in [-0.05, 0) is 64.3 Å². The minimum absolute atomic E-state index is 0.130. The topological polar surface area (TPSA) is 103 Å². The van der Waals surface area contributed by atoms with Gasteiger partial charge in [0.05, 0.1) is 28.3 Å². The third-order valence-corrected chi connectivity index (χ3v) is 5.52. The molecule has 0 aromatic heterocycles. The number of methoxy groups -OCH3 is 1. The highest BCUT2D eigenvalue weighted by Crippen LogP contribution is 2.37. The standard InChI is InChI=1S/C23H19BrClN3O5/c1-14-18(4-3-5-20(14)28(30)31)23(29)27-26-12-16-10-19(24)22(21(11-16)32-2)33-13-15-6-8-17(25)9-7-15/h3-12H,13H2,1-2H3,(H,27,29)/b26-12-. The molecule has 33 heavy (non-hydrogen) atoms. The van der Waals surface area contributed by atoms with Gasteiger partial charge in [-0.25, -0.2) is 5.43 Å². The van der Waals surface area contributed by atoms with Crippen LogP contribution >= 0.6 is 27.5 Å². The van der Waals surface area contributed by atoms with E-state index in [4.69, 9.17) is 21.1 Å². The van der Waals surface area contributed by atoms with E-state index in [9.17, 15) is 14.9 Å². The summed E-state index contributed by atoms with van der Waals surface area (Å²) in [4.78, 5) is 22.9. The van der Waals surface area contributed by atoms with Crippen molar-refractivity contribution >= 4 is 45.3 Å². The van der Waals surface area contributed by atoms with Gasteiger partial charge in [-0.2, -0.15) is 5.10 Å². The van der Waals surface area contributed by atoms with E-state index in [0.29, 0.717) is 33.2 Å². The van der Waals surface area contributed by atoms with E-state index >= 15 is 0 Å². The predicted molar refractivity (Wildman–Crippen MR) is 129 cm³/mol. The number of nitrogens with zero attached hydrogens (tertiary/aromatic N) is 2. The number of hydrazone groups is 1. The van der Waals surface area contributed by atoms with Gasteiger partial charge in [-0.15, -0.1) is 0 Å². The lowest BCUT2D eigenvalue weighted by Crippen LogP contribution is -2.19. The molecule has 10 heteroatoms. The Labute approximate surface area is 203 Å². The number of ether oxygens (including phenoxy) is 2. The molecule has 0 saturated heterocycles. The van der Waals surface area contributed by atoms with Crippen LogP contribution in [0.1, 0.15) is 27.0 Å². The Morgan fingerprint density at radius 2 is 1.97 bits per heavy atom. The molecular weight excluding hydrogens is 514 g/mol. The number of nitrogens with one attached hydrogen (secondary N) is 1. The zero-order valence-corrected chi connectivity index (χ0v) is 20.0. The Bertz CT molecular complexity index is 1220. The molecule has 3 aromatic rings. The third-order valence-electron chi connectivity index (χ3n) is 4.67. The van der Waals surface area contributed by atoms with Gasteiger partial charge < -0.3 is 9.47 Å². The van der Waals surface area contributed by atoms with E-state index in [1.54, 1.807) is 24.3 Å². The average Bonchev–Trinajstić information content (AvgIpc) is 2.79. The molecule has 8 nitrogen and oxygen atoms in total. The van der Waals surface area contributed by atoms with Gasteiger partial charge in [0.15, 0.2) is 11.5 Å². The van der Waals surface area contributed by atoms with Gasteiger partial charge in [0, 0.05) is 16.7 Å². The van der Waals surface area contributed by atoms with Crippen LogP contribution in [0, 0.1) is 17.0 Å². The molecule has 0 aliphatic rings. The minimum atomic E-state index is -0.554. The normalized spacial score (nSPS) is 10.8. The zero-order chi connectivity index (χ0) is 24.0. The van der Waals surface area contributed by atoms with E-state index in [1.165, 1.54) is 38.4 Å². The molecule has 1 N–H and O–H groups in total. The Morgan fingerprint density at radius 3 is 2.64 bits per heavy atom. The molecule has 0 saturated carbocycles. The summed E-state index contributed by atoms with van der Waals surface area (Å²) in [6.45, 7) is 1.83. The summed E-state index contributed by atoms with van der Waals surface area (Å²) in [5.74, 6) is 0.433. The number of carbonyl (C=O) groups is 1. The first-order valence-corrected chi connectivity index (χ1v) is 10.8. The van der Waals surface area contributed by atoms with Crippen LogP contribution in [-0.4, -0.2) is 24.2 Å². The number of hydrogen-bond donors (Lipinski definition) is 1. The molecule has 3 rings (SSSR count). The van der Waals surface area contributed by atoms with Crippen molar-refractivity contribution < 1.29 is 19.2 Å². The lowest BCUT2D eigenvalue weighted by Gasteiger charge is -2.13. The molecule has 0 bridgehead atoms. The molecular formula is C23H19BrClN3O5. The van der Waals surface area contributed by atoms with Gasteiger partial charge in [0.25, 0.3) is 11.6 Å². The first-order valence-electron chi connectivity index (χ1n) is 9.62. The van der Waals surface area contributed by atoms with E-state index in [2.05, 4.69) is 26.5 Å². The smallest absolute Gasteiger partial charge is 0.273 e. The number of rotatable bonds is 8. The maximum absolute atomic E-state index is 12.4. The molecule has 0 radical (unpaired) electrons.